The molecular weight excluding hydrogens is 254 g/mol. The van der Waals surface area contributed by atoms with Crippen LogP contribution in [0.4, 0.5) is 0 Å². The molecule has 0 aromatic heterocycles. The Hall–Kier alpha value is -0.820. The topological polar surface area (TPSA) is 12.0 Å². The van der Waals surface area contributed by atoms with Crippen LogP contribution in [0.2, 0.25) is 0 Å². The van der Waals surface area contributed by atoms with Crippen molar-refractivity contribution in [3.8, 4) is 0 Å². The van der Waals surface area contributed by atoms with Crippen molar-refractivity contribution in [1.82, 2.24) is 5.32 Å². The fourth-order valence-electron chi connectivity index (χ4n) is 3.73. The van der Waals surface area contributed by atoms with E-state index in [0.29, 0.717) is 17.5 Å². The van der Waals surface area contributed by atoms with Gasteiger partial charge in [-0.25, -0.2) is 0 Å². The zero-order valence-electron chi connectivity index (χ0n) is 14.4. The standard InChI is InChI=1S/C20H33N/c1-5-9-19(16-10-7-6-8-11-16)21-18-14-12-17(13-15-18)20(2,3)4/h6-8,10-11,17-19,21H,5,9,12-15H2,1-4H3. The molecule has 0 spiro atoms. The molecule has 1 atom stereocenters. The normalized spacial score (nSPS) is 24.8. The molecule has 1 fully saturated rings. The molecule has 1 N–H and O–H groups in total. The van der Waals surface area contributed by atoms with Crippen LogP contribution in [0.1, 0.15) is 77.8 Å². The molecule has 0 saturated heterocycles. The first-order valence-corrected chi connectivity index (χ1v) is 8.81. The summed E-state index contributed by atoms with van der Waals surface area (Å²) < 4.78 is 0. The molecule has 1 saturated carbocycles. The van der Waals surface area contributed by atoms with Crippen molar-refractivity contribution in [2.24, 2.45) is 11.3 Å². The number of hydrogen-bond donors (Lipinski definition) is 1. The highest BCUT2D eigenvalue weighted by Crippen LogP contribution is 2.38. The molecule has 1 unspecified atom stereocenters. The van der Waals surface area contributed by atoms with Crippen LogP contribution in [-0.2, 0) is 0 Å². The van der Waals surface area contributed by atoms with E-state index in [9.17, 15) is 0 Å². The Kier molecular flexibility index (Phi) is 5.87. The molecule has 1 heteroatoms. The number of rotatable bonds is 5. The van der Waals surface area contributed by atoms with Crippen LogP contribution in [0.3, 0.4) is 0 Å². The van der Waals surface area contributed by atoms with Gasteiger partial charge in [0.1, 0.15) is 0 Å². The van der Waals surface area contributed by atoms with Crippen molar-refractivity contribution in [1.29, 1.82) is 0 Å². The largest absolute Gasteiger partial charge is 0.307 e. The Morgan fingerprint density at radius 1 is 1.05 bits per heavy atom. The first-order valence-electron chi connectivity index (χ1n) is 8.81. The van der Waals surface area contributed by atoms with E-state index < -0.39 is 0 Å². The van der Waals surface area contributed by atoms with E-state index in [2.05, 4.69) is 63.3 Å². The number of hydrogen-bond acceptors (Lipinski definition) is 1. The summed E-state index contributed by atoms with van der Waals surface area (Å²) in [7, 11) is 0. The molecule has 1 aliphatic carbocycles. The molecule has 2 rings (SSSR count). The second-order valence-electron chi connectivity index (χ2n) is 7.83. The lowest BCUT2D eigenvalue weighted by Gasteiger charge is -2.38. The zero-order valence-corrected chi connectivity index (χ0v) is 14.4. The SMILES string of the molecule is CCCC(NC1CCC(C(C)(C)C)CC1)c1ccccc1. The summed E-state index contributed by atoms with van der Waals surface area (Å²) in [4.78, 5) is 0. The van der Waals surface area contributed by atoms with Crippen molar-refractivity contribution < 1.29 is 0 Å². The maximum atomic E-state index is 3.95. The Morgan fingerprint density at radius 2 is 1.67 bits per heavy atom. The molecular formula is C20H33N. The zero-order chi connectivity index (χ0) is 15.3. The maximum Gasteiger partial charge on any atom is 0.0322 e. The highest BCUT2D eigenvalue weighted by molar-refractivity contribution is 5.19. The summed E-state index contributed by atoms with van der Waals surface area (Å²) in [5.74, 6) is 0.900. The predicted molar refractivity (Wildman–Crippen MR) is 92.4 cm³/mol. The van der Waals surface area contributed by atoms with Gasteiger partial charge >= 0.3 is 0 Å². The third-order valence-corrected chi connectivity index (χ3v) is 5.17. The van der Waals surface area contributed by atoms with Gasteiger partial charge in [-0.3, -0.25) is 0 Å². The van der Waals surface area contributed by atoms with E-state index in [1.54, 1.807) is 0 Å². The van der Waals surface area contributed by atoms with Crippen molar-refractivity contribution in [3.05, 3.63) is 35.9 Å². The predicted octanol–water partition coefficient (Wildman–Crippen LogP) is 5.72. The third kappa shape index (κ3) is 4.85. The van der Waals surface area contributed by atoms with E-state index in [1.165, 1.54) is 44.1 Å². The lowest BCUT2D eigenvalue weighted by atomic mass is 9.71. The van der Waals surface area contributed by atoms with Gasteiger partial charge < -0.3 is 5.32 Å². The number of benzene rings is 1. The van der Waals surface area contributed by atoms with E-state index in [0.717, 1.165) is 5.92 Å². The molecule has 1 nitrogen and oxygen atoms in total. The Balaban J connectivity index is 1.91. The fraction of sp³-hybridized carbons (Fsp3) is 0.700. The van der Waals surface area contributed by atoms with Crippen molar-refractivity contribution in [3.63, 3.8) is 0 Å². The molecule has 118 valence electrons. The lowest BCUT2D eigenvalue weighted by Crippen LogP contribution is -2.38. The van der Waals surface area contributed by atoms with Crippen LogP contribution in [0.25, 0.3) is 0 Å². The van der Waals surface area contributed by atoms with Gasteiger partial charge in [-0.2, -0.15) is 0 Å². The van der Waals surface area contributed by atoms with Crippen LogP contribution in [-0.4, -0.2) is 6.04 Å². The summed E-state index contributed by atoms with van der Waals surface area (Å²) in [6.45, 7) is 9.48. The summed E-state index contributed by atoms with van der Waals surface area (Å²) in [6.07, 6.45) is 7.93. The highest BCUT2D eigenvalue weighted by atomic mass is 15.0. The summed E-state index contributed by atoms with van der Waals surface area (Å²) in [5.41, 5.74) is 1.94. The molecule has 21 heavy (non-hydrogen) atoms. The molecule has 0 aliphatic heterocycles. The van der Waals surface area contributed by atoms with Gasteiger partial charge in [0.25, 0.3) is 0 Å². The van der Waals surface area contributed by atoms with Crippen molar-refractivity contribution in [2.75, 3.05) is 0 Å². The van der Waals surface area contributed by atoms with Gasteiger partial charge in [-0.15, -0.1) is 0 Å². The first kappa shape index (κ1) is 16.5. The second kappa shape index (κ2) is 7.45. The van der Waals surface area contributed by atoms with Crippen LogP contribution in [0.15, 0.2) is 30.3 Å². The smallest absolute Gasteiger partial charge is 0.0322 e. The summed E-state index contributed by atoms with van der Waals surface area (Å²) in [5, 5.41) is 3.95. The van der Waals surface area contributed by atoms with Crippen LogP contribution >= 0.6 is 0 Å². The Morgan fingerprint density at radius 3 is 2.19 bits per heavy atom. The molecule has 0 heterocycles. The summed E-state index contributed by atoms with van der Waals surface area (Å²) in [6, 6.07) is 12.2. The van der Waals surface area contributed by atoms with E-state index >= 15 is 0 Å². The van der Waals surface area contributed by atoms with Crippen LogP contribution in [0.5, 0.6) is 0 Å². The molecule has 1 aromatic carbocycles. The van der Waals surface area contributed by atoms with E-state index in [1.807, 2.05) is 0 Å². The Bertz CT molecular complexity index is 396. The average Bonchev–Trinajstić information content (AvgIpc) is 2.47. The molecule has 0 bridgehead atoms. The minimum Gasteiger partial charge on any atom is -0.307 e. The monoisotopic (exact) mass is 287 g/mol. The van der Waals surface area contributed by atoms with Gasteiger partial charge in [-0.05, 0) is 49.0 Å². The third-order valence-electron chi connectivity index (χ3n) is 5.17. The highest BCUT2D eigenvalue weighted by Gasteiger charge is 2.30. The minimum absolute atomic E-state index is 0.479. The van der Waals surface area contributed by atoms with Gasteiger partial charge in [-0.1, -0.05) is 64.4 Å². The molecule has 1 aromatic rings. The van der Waals surface area contributed by atoms with Crippen LogP contribution < -0.4 is 5.32 Å². The first-order chi connectivity index (χ1) is 10.0. The van der Waals surface area contributed by atoms with E-state index in [4.69, 9.17) is 0 Å². The molecule has 0 radical (unpaired) electrons. The molecule has 0 amide bonds. The van der Waals surface area contributed by atoms with Crippen LogP contribution in [0, 0.1) is 11.3 Å². The van der Waals surface area contributed by atoms with Gasteiger partial charge in [0.15, 0.2) is 0 Å². The Labute approximate surface area is 131 Å². The van der Waals surface area contributed by atoms with E-state index in [-0.39, 0.29) is 0 Å². The van der Waals surface area contributed by atoms with Crippen molar-refractivity contribution in [2.45, 2.75) is 78.3 Å². The van der Waals surface area contributed by atoms with Gasteiger partial charge in [0, 0.05) is 12.1 Å². The summed E-state index contributed by atoms with van der Waals surface area (Å²) >= 11 is 0. The van der Waals surface area contributed by atoms with Crippen molar-refractivity contribution >= 4 is 0 Å². The lowest BCUT2D eigenvalue weighted by molar-refractivity contribution is 0.155. The van der Waals surface area contributed by atoms with Gasteiger partial charge in [0.2, 0.25) is 0 Å². The molecule has 1 aliphatic rings. The second-order valence-corrected chi connectivity index (χ2v) is 7.83. The maximum absolute atomic E-state index is 3.95. The number of nitrogens with one attached hydrogen (secondary N) is 1. The van der Waals surface area contributed by atoms with Gasteiger partial charge in [0.05, 0.1) is 0 Å². The minimum atomic E-state index is 0.479. The fourth-order valence-corrected chi connectivity index (χ4v) is 3.73. The average molecular weight is 287 g/mol. The quantitative estimate of drug-likeness (QED) is 0.730.